The Morgan fingerprint density at radius 3 is 1.84 bits per heavy atom. The van der Waals surface area contributed by atoms with E-state index in [4.69, 9.17) is 14.1 Å². The second-order valence-corrected chi connectivity index (χ2v) is 10.5. The summed E-state index contributed by atoms with van der Waals surface area (Å²) >= 11 is 0. The first-order valence-electron chi connectivity index (χ1n) is 12.4. The van der Waals surface area contributed by atoms with Crippen LogP contribution in [0, 0.1) is 0 Å². The maximum Gasteiger partial charge on any atom is 1.00 e. The van der Waals surface area contributed by atoms with Crippen molar-refractivity contribution < 1.29 is 72.7 Å². The monoisotopic (exact) mass is 549 g/mol. The van der Waals surface area contributed by atoms with Crippen LogP contribution >= 0.6 is 0 Å². The number of nitrogens with zero attached hydrogens (tertiary/aromatic N) is 1. The van der Waals surface area contributed by atoms with Gasteiger partial charge in [-0.1, -0.05) is 81.7 Å². The predicted octanol–water partition coefficient (Wildman–Crippen LogP) is 1.00. The average molecular weight is 550 g/mol. The summed E-state index contributed by atoms with van der Waals surface area (Å²) in [6, 6.07) is 9.60. The van der Waals surface area contributed by atoms with Crippen molar-refractivity contribution in [2.24, 2.45) is 0 Å². The molecule has 12 heteroatoms. The van der Waals surface area contributed by atoms with E-state index in [9.17, 15) is 27.6 Å². The molecule has 10 nitrogen and oxygen atoms in total. The first-order valence-corrected chi connectivity index (χ1v) is 13.9. The maximum absolute atomic E-state index is 11.8. The molecular weight excluding hydrogens is 513 g/mol. The van der Waals surface area contributed by atoms with Gasteiger partial charge in [0.1, 0.15) is 6.61 Å². The van der Waals surface area contributed by atoms with Crippen molar-refractivity contribution in [2.45, 2.75) is 95.3 Å². The first-order chi connectivity index (χ1) is 17.2. The zero-order valence-electron chi connectivity index (χ0n) is 22.4. The molecule has 0 saturated carbocycles. The summed E-state index contributed by atoms with van der Waals surface area (Å²) in [7, 11) is -4.73. The quantitative estimate of drug-likeness (QED) is 0.0989. The molecular formula is C25H36NNaO9S. The number of hydrogen-bond acceptors (Lipinski definition) is 8. The second-order valence-electron chi connectivity index (χ2n) is 8.88. The van der Waals surface area contributed by atoms with Gasteiger partial charge in [-0.15, -0.1) is 5.06 Å². The SMILES string of the molecule is O=C(CCCCCCCCCCCCC(=O)ON1C(=O)CC(S(=O)(=O)O)C1=O)OCc1ccccc1.[H-].[Na+]. The van der Waals surface area contributed by atoms with Gasteiger partial charge in [-0.05, 0) is 18.4 Å². The van der Waals surface area contributed by atoms with E-state index >= 15 is 0 Å². The smallest absolute Gasteiger partial charge is 1.00 e. The van der Waals surface area contributed by atoms with Crippen LogP contribution in [0.25, 0.3) is 0 Å². The van der Waals surface area contributed by atoms with E-state index in [1.165, 1.54) is 0 Å². The van der Waals surface area contributed by atoms with E-state index in [1.54, 1.807) is 0 Å². The molecule has 1 atom stereocenters. The molecule has 1 fully saturated rings. The normalized spacial score (nSPS) is 15.4. The van der Waals surface area contributed by atoms with Crippen LogP contribution in [0.4, 0.5) is 0 Å². The van der Waals surface area contributed by atoms with Crippen molar-refractivity contribution >= 4 is 33.9 Å². The summed E-state index contributed by atoms with van der Waals surface area (Å²) in [5.41, 5.74) is 0.984. The number of esters is 1. The molecule has 0 bridgehead atoms. The molecule has 0 aromatic heterocycles. The Labute approximate surface area is 241 Å². The van der Waals surface area contributed by atoms with Crippen LogP contribution < -0.4 is 29.6 Å². The molecule has 0 radical (unpaired) electrons. The maximum atomic E-state index is 11.8. The molecule has 37 heavy (non-hydrogen) atoms. The number of hydroxylamine groups is 2. The molecule has 1 saturated heterocycles. The minimum absolute atomic E-state index is 0. The van der Waals surface area contributed by atoms with Crippen molar-refractivity contribution in [3.63, 3.8) is 0 Å². The largest absolute Gasteiger partial charge is 1.00 e. The van der Waals surface area contributed by atoms with E-state index in [2.05, 4.69) is 0 Å². The Bertz CT molecular complexity index is 992. The minimum atomic E-state index is -4.73. The van der Waals surface area contributed by atoms with Crippen molar-refractivity contribution in [2.75, 3.05) is 0 Å². The Morgan fingerprint density at radius 1 is 0.865 bits per heavy atom. The number of carbonyl (C=O) groups excluding carboxylic acids is 4. The molecule has 0 aliphatic carbocycles. The summed E-state index contributed by atoms with van der Waals surface area (Å²) in [6.45, 7) is 0.316. The number of hydrogen-bond donors (Lipinski definition) is 1. The van der Waals surface area contributed by atoms with Gasteiger partial charge in [-0.2, -0.15) is 8.42 Å². The number of unbranched alkanes of at least 4 members (excludes halogenated alkanes) is 9. The molecule has 1 aliphatic rings. The van der Waals surface area contributed by atoms with Gasteiger partial charge in [0.05, 0.1) is 6.42 Å². The minimum Gasteiger partial charge on any atom is -1.00 e. The van der Waals surface area contributed by atoms with Crippen molar-refractivity contribution in [3.05, 3.63) is 35.9 Å². The van der Waals surface area contributed by atoms with Crippen LogP contribution in [0.15, 0.2) is 30.3 Å². The van der Waals surface area contributed by atoms with Crippen LogP contribution in [-0.4, -0.2) is 47.0 Å². The van der Waals surface area contributed by atoms with Gasteiger partial charge in [-0.25, -0.2) is 4.79 Å². The van der Waals surface area contributed by atoms with Gasteiger partial charge in [0.15, 0.2) is 5.25 Å². The van der Waals surface area contributed by atoms with Crippen LogP contribution in [0.5, 0.6) is 0 Å². The van der Waals surface area contributed by atoms with Gasteiger partial charge in [0.2, 0.25) is 0 Å². The number of benzene rings is 1. The first kappa shape index (κ1) is 33.2. The molecule has 2 amide bonds. The van der Waals surface area contributed by atoms with E-state index in [0.717, 1.165) is 63.4 Å². The molecule has 1 aromatic rings. The van der Waals surface area contributed by atoms with Crippen LogP contribution in [0.1, 0.15) is 90.5 Å². The number of rotatable bonds is 17. The molecule has 1 N–H and O–H groups in total. The van der Waals surface area contributed by atoms with Crippen molar-refractivity contribution in [1.29, 1.82) is 0 Å². The van der Waals surface area contributed by atoms with Crippen molar-refractivity contribution in [3.8, 4) is 0 Å². The van der Waals surface area contributed by atoms with E-state index < -0.39 is 39.6 Å². The third kappa shape index (κ3) is 13.0. The fourth-order valence-corrected chi connectivity index (χ4v) is 4.53. The second kappa shape index (κ2) is 17.7. The summed E-state index contributed by atoms with van der Waals surface area (Å²) in [5, 5.41) is -1.78. The number of ether oxygens (including phenoxy) is 1. The third-order valence-corrected chi connectivity index (χ3v) is 6.96. The zero-order chi connectivity index (χ0) is 26.4. The zero-order valence-corrected chi connectivity index (χ0v) is 24.2. The summed E-state index contributed by atoms with van der Waals surface area (Å²) in [5.74, 6) is -3.18. The van der Waals surface area contributed by atoms with Crippen molar-refractivity contribution in [1.82, 2.24) is 5.06 Å². The molecule has 2 rings (SSSR count). The van der Waals surface area contributed by atoms with Crippen LogP contribution in [0.3, 0.4) is 0 Å². The fourth-order valence-electron chi connectivity index (χ4n) is 3.82. The van der Waals surface area contributed by atoms with Crippen LogP contribution in [-0.2, 0) is 45.5 Å². The van der Waals surface area contributed by atoms with Gasteiger partial charge >= 0.3 is 41.5 Å². The number of amides is 2. The van der Waals surface area contributed by atoms with Gasteiger partial charge in [0, 0.05) is 12.8 Å². The molecule has 202 valence electrons. The van der Waals surface area contributed by atoms with Crippen LogP contribution in [0.2, 0.25) is 0 Å². The van der Waals surface area contributed by atoms with E-state index in [1.807, 2.05) is 30.3 Å². The topological polar surface area (TPSA) is 144 Å². The van der Waals surface area contributed by atoms with Gasteiger partial charge < -0.3 is 11.0 Å². The average Bonchev–Trinajstić information content (AvgIpc) is 3.12. The summed E-state index contributed by atoms with van der Waals surface area (Å²) < 4.78 is 36.4. The van der Waals surface area contributed by atoms with Gasteiger partial charge in [-0.3, -0.25) is 18.9 Å². The Hall–Kier alpha value is -1.79. The molecule has 1 unspecified atom stereocenters. The summed E-state index contributed by atoms with van der Waals surface area (Å²) in [4.78, 5) is 51.8. The predicted molar refractivity (Wildman–Crippen MR) is 131 cm³/mol. The standard InChI is InChI=1S/C25H35NO9S.Na.H/c27-22-18-21(36(31,32)33)25(30)26(22)35-24(29)17-13-8-6-4-2-1-3-5-7-12-16-23(28)34-19-20-14-10-9-11-15-20;;/h9-11,14-15,21H,1-8,12-13,16-19H2,(H,31,32,33);;/q;+1;-1. The molecule has 1 heterocycles. The number of imide groups is 1. The molecule has 1 aromatic carbocycles. The Morgan fingerprint density at radius 2 is 1.35 bits per heavy atom. The van der Waals surface area contributed by atoms with E-state index in [-0.39, 0.29) is 48.4 Å². The third-order valence-electron chi connectivity index (χ3n) is 5.87. The fraction of sp³-hybridized carbons (Fsp3) is 0.600. The Kier molecular flexibility index (Phi) is 15.9. The van der Waals surface area contributed by atoms with Gasteiger partial charge in [0.25, 0.3) is 21.9 Å². The molecule has 0 spiro atoms. The molecule has 1 aliphatic heterocycles. The Balaban J connectivity index is 0.00000684. The van der Waals surface area contributed by atoms with E-state index in [0.29, 0.717) is 19.4 Å². The summed E-state index contributed by atoms with van der Waals surface area (Å²) in [6.07, 6.45) is 9.16. The number of carbonyl (C=O) groups is 4.